The summed E-state index contributed by atoms with van der Waals surface area (Å²) < 4.78 is 5.95. The van der Waals surface area contributed by atoms with Gasteiger partial charge < -0.3 is 10.2 Å². The summed E-state index contributed by atoms with van der Waals surface area (Å²) in [7, 11) is 0. The summed E-state index contributed by atoms with van der Waals surface area (Å²) in [6.45, 7) is 0.573. The minimum Gasteiger partial charge on any atom is -0.489 e. The van der Waals surface area contributed by atoms with E-state index in [1.165, 1.54) is 38.2 Å². The molecule has 0 radical (unpaired) electrons. The first kappa shape index (κ1) is 19.6. The summed E-state index contributed by atoms with van der Waals surface area (Å²) in [5.41, 5.74) is 8.10. The zero-order valence-corrected chi connectivity index (χ0v) is 18.2. The lowest BCUT2D eigenvalue weighted by atomic mass is 9.91. The largest absolute Gasteiger partial charge is 0.489 e. The van der Waals surface area contributed by atoms with Crippen molar-refractivity contribution in [3.8, 4) is 5.75 Å². The smallest absolute Gasteiger partial charge is 0.119 e. The second kappa shape index (κ2) is 8.44. The molecule has 1 atom stereocenters. The highest BCUT2D eigenvalue weighted by molar-refractivity contribution is 6.21. The van der Waals surface area contributed by atoms with Crippen molar-refractivity contribution in [1.82, 2.24) is 5.43 Å². The van der Waals surface area contributed by atoms with E-state index < -0.39 is 0 Å². The van der Waals surface area contributed by atoms with Crippen LogP contribution in [0.5, 0.6) is 5.75 Å². The number of hydrogen-bond donors (Lipinski definition) is 1. The van der Waals surface area contributed by atoms with E-state index in [4.69, 9.17) is 9.84 Å². The fourth-order valence-corrected chi connectivity index (χ4v) is 4.65. The van der Waals surface area contributed by atoms with Gasteiger partial charge in [0.25, 0.3) is 0 Å². The average molecular weight is 429 g/mol. The van der Waals surface area contributed by atoms with Crippen LogP contribution in [0.25, 0.3) is 21.5 Å². The highest BCUT2D eigenvalue weighted by Gasteiger charge is 2.24. The zero-order chi connectivity index (χ0) is 22.0. The molecule has 0 aromatic heterocycles. The van der Waals surface area contributed by atoms with Crippen molar-refractivity contribution in [3.05, 3.63) is 126 Å². The quantitative estimate of drug-likeness (QED) is 0.305. The van der Waals surface area contributed by atoms with Crippen LogP contribution < -0.4 is 10.2 Å². The predicted octanol–water partition coefficient (Wildman–Crippen LogP) is 7.01. The van der Waals surface area contributed by atoms with Gasteiger partial charge in [-0.2, -0.15) is 5.10 Å². The Morgan fingerprint density at radius 2 is 1.36 bits per heavy atom. The predicted molar refractivity (Wildman–Crippen MR) is 136 cm³/mol. The molecule has 3 nitrogen and oxygen atoms in total. The second-order valence-electron chi connectivity index (χ2n) is 8.48. The maximum atomic E-state index is 5.95. The van der Waals surface area contributed by atoms with Crippen LogP contribution in [0.15, 0.2) is 114 Å². The molecule has 0 bridgehead atoms. The van der Waals surface area contributed by atoms with Crippen LogP contribution in [-0.4, -0.2) is 5.71 Å². The molecule has 1 unspecified atom stereocenters. The van der Waals surface area contributed by atoms with Gasteiger partial charge in [0.05, 0.1) is 11.8 Å². The number of hydrazone groups is 1. The van der Waals surface area contributed by atoms with E-state index in [0.717, 1.165) is 17.9 Å². The normalized spacial score (nSPS) is 15.4. The number of hydrogen-bond acceptors (Lipinski definition) is 3. The molecule has 0 saturated heterocycles. The van der Waals surface area contributed by atoms with Crippen molar-refractivity contribution < 1.29 is 4.74 Å². The molecule has 1 heterocycles. The lowest BCUT2D eigenvalue weighted by molar-refractivity contribution is 0.306. The number of benzene rings is 5. The van der Waals surface area contributed by atoms with Crippen LogP contribution in [0.2, 0.25) is 0 Å². The number of rotatable bonds is 5. The van der Waals surface area contributed by atoms with Crippen molar-refractivity contribution in [3.63, 3.8) is 0 Å². The molecule has 5 aromatic rings. The summed E-state index contributed by atoms with van der Waals surface area (Å²) in [6.07, 6.45) is 0.849. The third-order valence-corrected chi connectivity index (χ3v) is 6.34. The number of nitrogens with zero attached hydrogens (tertiary/aromatic N) is 1. The molecule has 1 N–H and O–H groups in total. The maximum Gasteiger partial charge on any atom is 0.119 e. The second-order valence-corrected chi connectivity index (χ2v) is 8.48. The molecule has 0 fully saturated rings. The van der Waals surface area contributed by atoms with Crippen LogP contribution in [0.4, 0.5) is 0 Å². The lowest BCUT2D eigenvalue weighted by Gasteiger charge is -2.13. The van der Waals surface area contributed by atoms with E-state index >= 15 is 0 Å². The monoisotopic (exact) mass is 428 g/mol. The average Bonchev–Trinajstić information content (AvgIpc) is 3.37. The van der Waals surface area contributed by atoms with Crippen LogP contribution in [0.3, 0.4) is 0 Å². The highest BCUT2D eigenvalue weighted by Crippen LogP contribution is 2.34. The number of nitrogens with one attached hydrogen (secondary N) is 1. The van der Waals surface area contributed by atoms with E-state index in [9.17, 15) is 0 Å². The van der Waals surface area contributed by atoms with Crippen molar-refractivity contribution in [2.75, 3.05) is 0 Å². The van der Waals surface area contributed by atoms with Gasteiger partial charge in [0, 0.05) is 12.0 Å². The first-order chi connectivity index (χ1) is 16.3. The van der Waals surface area contributed by atoms with Gasteiger partial charge in [0.2, 0.25) is 0 Å². The van der Waals surface area contributed by atoms with Crippen molar-refractivity contribution in [2.24, 2.45) is 5.10 Å². The summed E-state index contributed by atoms with van der Waals surface area (Å²) in [5.74, 6) is 0.877. The Balaban J connectivity index is 1.24. The minimum atomic E-state index is 0.154. The van der Waals surface area contributed by atoms with Crippen molar-refractivity contribution in [1.29, 1.82) is 0 Å². The molecule has 160 valence electrons. The minimum absolute atomic E-state index is 0.154. The Bertz CT molecular complexity index is 1400. The first-order valence-electron chi connectivity index (χ1n) is 11.3. The van der Waals surface area contributed by atoms with Crippen LogP contribution in [0.1, 0.15) is 29.2 Å². The molecule has 1 aliphatic rings. The fraction of sp³-hybridized carbons (Fsp3) is 0.100. The van der Waals surface area contributed by atoms with Crippen molar-refractivity contribution >= 4 is 27.3 Å². The van der Waals surface area contributed by atoms with Gasteiger partial charge in [0.1, 0.15) is 12.4 Å². The Morgan fingerprint density at radius 1 is 0.727 bits per heavy atom. The molecule has 33 heavy (non-hydrogen) atoms. The summed E-state index contributed by atoms with van der Waals surface area (Å²) in [5, 5.41) is 9.80. The van der Waals surface area contributed by atoms with E-state index in [-0.39, 0.29) is 6.04 Å². The number of ether oxygens (including phenoxy) is 1. The fourth-order valence-electron chi connectivity index (χ4n) is 4.65. The van der Waals surface area contributed by atoms with E-state index in [2.05, 4.69) is 84.3 Å². The summed E-state index contributed by atoms with van der Waals surface area (Å²) >= 11 is 0. The summed E-state index contributed by atoms with van der Waals surface area (Å²) in [6, 6.07) is 38.2. The zero-order valence-electron chi connectivity index (χ0n) is 18.2. The van der Waals surface area contributed by atoms with E-state index in [1.807, 2.05) is 30.3 Å². The maximum absolute atomic E-state index is 5.95. The van der Waals surface area contributed by atoms with Gasteiger partial charge in [-0.3, -0.25) is 0 Å². The van der Waals surface area contributed by atoms with E-state index in [0.29, 0.717) is 6.61 Å². The van der Waals surface area contributed by atoms with Crippen molar-refractivity contribution in [2.45, 2.75) is 19.1 Å². The molecule has 0 spiro atoms. The standard InChI is InChI=1S/C30H24N2O/c1-2-8-21(9-3-1)20-33-25-16-14-22(15-17-25)28-19-29(32-31-28)30-26-12-6-4-10-23(26)18-24-11-5-7-13-27(24)30/h1-18,28,31H,19-20H2. The molecular weight excluding hydrogens is 404 g/mol. The molecule has 1 aliphatic heterocycles. The highest BCUT2D eigenvalue weighted by atomic mass is 16.5. The third kappa shape index (κ3) is 3.83. The third-order valence-electron chi connectivity index (χ3n) is 6.34. The Hall–Kier alpha value is -4.11. The van der Waals surface area contributed by atoms with Gasteiger partial charge in [-0.1, -0.05) is 91.0 Å². The van der Waals surface area contributed by atoms with Crippen LogP contribution >= 0.6 is 0 Å². The Labute approximate surface area is 193 Å². The molecule has 5 aromatic carbocycles. The van der Waals surface area contributed by atoms with Gasteiger partial charge in [-0.25, -0.2) is 0 Å². The number of fused-ring (bicyclic) bond motifs is 2. The molecule has 6 rings (SSSR count). The summed E-state index contributed by atoms with van der Waals surface area (Å²) in [4.78, 5) is 0. The van der Waals surface area contributed by atoms with Gasteiger partial charge in [-0.15, -0.1) is 0 Å². The van der Waals surface area contributed by atoms with Crippen LogP contribution in [-0.2, 0) is 6.61 Å². The first-order valence-corrected chi connectivity index (χ1v) is 11.3. The Morgan fingerprint density at radius 3 is 2.06 bits per heavy atom. The topological polar surface area (TPSA) is 33.6 Å². The van der Waals surface area contributed by atoms with Gasteiger partial charge in [-0.05, 0) is 50.9 Å². The van der Waals surface area contributed by atoms with E-state index in [1.54, 1.807) is 0 Å². The van der Waals surface area contributed by atoms with Gasteiger partial charge in [0.15, 0.2) is 0 Å². The lowest BCUT2D eigenvalue weighted by Crippen LogP contribution is -2.10. The molecular formula is C30H24N2O. The SMILES string of the molecule is c1ccc(COc2ccc(C3CC(c4c5ccccc5cc5ccccc45)=NN3)cc2)cc1. The molecule has 0 amide bonds. The molecule has 0 saturated carbocycles. The van der Waals surface area contributed by atoms with Crippen LogP contribution in [0, 0.1) is 0 Å². The molecule has 0 aliphatic carbocycles. The Kier molecular flexibility index (Phi) is 5.00. The molecule has 3 heteroatoms. The van der Waals surface area contributed by atoms with Gasteiger partial charge >= 0.3 is 0 Å².